The summed E-state index contributed by atoms with van der Waals surface area (Å²) in [6.45, 7) is 12.4. The average Bonchev–Trinajstić information content (AvgIpc) is 3.99. The van der Waals surface area contributed by atoms with Crippen LogP contribution in [0.15, 0.2) is 42.7 Å². The lowest BCUT2D eigenvalue weighted by molar-refractivity contribution is -0.137. The Hall–Kier alpha value is -5.42. The quantitative estimate of drug-likeness (QED) is 0.170. The van der Waals surface area contributed by atoms with Crippen molar-refractivity contribution < 1.29 is 28.0 Å². The molecule has 1 aromatic heterocycles. The van der Waals surface area contributed by atoms with E-state index in [0.717, 1.165) is 94.3 Å². The van der Waals surface area contributed by atoms with Crippen LogP contribution in [0.4, 0.5) is 31.8 Å². The second-order valence-corrected chi connectivity index (χ2v) is 21.3. The molecule has 15 nitrogen and oxygen atoms in total. The first-order valence-electron chi connectivity index (χ1n) is 24.5. The lowest BCUT2D eigenvalue weighted by Gasteiger charge is -2.48. The molecule has 1 saturated carbocycles. The summed E-state index contributed by atoms with van der Waals surface area (Å²) in [5.74, 6) is 0.907. The van der Waals surface area contributed by atoms with Gasteiger partial charge in [0.05, 0.1) is 17.8 Å². The Morgan fingerprint density at radius 2 is 1.61 bits per heavy atom. The molecule has 1 unspecified atom stereocenters. The van der Waals surface area contributed by atoms with E-state index in [0.29, 0.717) is 81.0 Å². The van der Waals surface area contributed by atoms with Gasteiger partial charge in [-0.2, -0.15) is 0 Å². The van der Waals surface area contributed by atoms with Crippen LogP contribution >= 0.6 is 0 Å². The molecule has 17 heteroatoms. The summed E-state index contributed by atoms with van der Waals surface area (Å²) in [6.07, 6.45) is 8.82. The van der Waals surface area contributed by atoms with Crippen LogP contribution in [0.2, 0.25) is 0 Å². The lowest BCUT2D eigenvalue weighted by Crippen LogP contribution is -2.66. The number of halogens is 2. The number of amides is 4. The Kier molecular flexibility index (Phi) is 12.4. The summed E-state index contributed by atoms with van der Waals surface area (Å²) in [4.78, 5) is 72.3. The molecule has 7 heterocycles. The molecule has 0 bridgehead atoms. The van der Waals surface area contributed by atoms with Gasteiger partial charge in [-0.1, -0.05) is 13.8 Å². The summed E-state index contributed by atoms with van der Waals surface area (Å²) in [6, 6.07) is 10.6. The summed E-state index contributed by atoms with van der Waals surface area (Å²) in [5, 5.41) is 9.10. The maximum Gasteiger partial charge on any atom is 0.255 e. The standard InChI is InChI=1S/C50H65F2N11O4/c1-49(2)9-15-59(16-10-49)25-35-22-40(52)42(23-39(35)51)62-29-46(65)57-50(30-62)11-17-60(18-12-50)44-24-43(54-31-55-44)53-13-4-14-58(3)37-19-32-26-61(27-33(32)20-37)36-5-6-38-34(21-36)28-63(48(38)67)41-7-8-45(64)56-47(41)66/h5-6,21-24,31-33,37,41H,4,7-20,25-30H2,1-3H3,(H,57,65)(H,53,54,55)(H,56,64,66)/t32-,33+,37-,41?. The van der Waals surface area contributed by atoms with Gasteiger partial charge in [-0.15, -0.1) is 0 Å². The van der Waals surface area contributed by atoms with Crippen LogP contribution in [0, 0.1) is 28.9 Å². The topological polar surface area (TPSA) is 150 Å². The molecule has 1 spiro atoms. The molecule has 10 rings (SSSR count). The van der Waals surface area contributed by atoms with E-state index in [1.807, 2.05) is 18.2 Å². The van der Waals surface area contributed by atoms with Crippen LogP contribution in [-0.4, -0.2) is 138 Å². The van der Waals surface area contributed by atoms with Gasteiger partial charge in [0.2, 0.25) is 17.7 Å². The Morgan fingerprint density at radius 3 is 2.36 bits per heavy atom. The van der Waals surface area contributed by atoms with Crippen molar-refractivity contribution in [1.29, 1.82) is 0 Å². The zero-order valence-electron chi connectivity index (χ0n) is 39.2. The normalized spacial score (nSPS) is 26.1. The molecule has 3 N–H and O–H groups in total. The van der Waals surface area contributed by atoms with Gasteiger partial charge in [-0.3, -0.25) is 29.4 Å². The highest BCUT2D eigenvalue weighted by atomic mass is 19.1. The van der Waals surface area contributed by atoms with Crippen molar-refractivity contribution in [3.8, 4) is 0 Å². The fourth-order valence-corrected chi connectivity index (χ4v) is 12.0. The number of imide groups is 1. The highest BCUT2D eigenvalue weighted by molar-refractivity contribution is 6.05. The van der Waals surface area contributed by atoms with Crippen LogP contribution in [0.25, 0.3) is 0 Å². The van der Waals surface area contributed by atoms with Gasteiger partial charge < -0.3 is 35.1 Å². The number of piperidine rings is 3. The second-order valence-electron chi connectivity index (χ2n) is 21.3. The van der Waals surface area contributed by atoms with Gasteiger partial charge in [-0.25, -0.2) is 18.7 Å². The van der Waals surface area contributed by atoms with Crippen molar-refractivity contribution in [2.24, 2.45) is 17.3 Å². The maximum atomic E-state index is 15.7. The van der Waals surface area contributed by atoms with Gasteiger partial charge in [0, 0.05) is 93.8 Å². The molecule has 6 fully saturated rings. The molecule has 4 amide bonds. The summed E-state index contributed by atoms with van der Waals surface area (Å²) in [5.41, 5.74) is 2.94. The summed E-state index contributed by atoms with van der Waals surface area (Å²) in [7, 11) is 2.23. The first kappa shape index (κ1) is 45.4. The largest absolute Gasteiger partial charge is 0.371 e. The van der Waals surface area contributed by atoms with Crippen molar-refractivity contribution in [2.45, 2.75) is 102 Å². The predicted octanol–water partition coefficient (Wildman–Crippen LogP) is 4.76. The van der Waals surface area contributed by atoms with Gasteiger partial charge in [0.25, 0.3) is 5.91 Å². The predicted molar refractivity (Wildman–Crippen MR) is 252 cm³/mol. The van der Waals surface area contributed by atoms with Crippen molar-refractivity contribution in [2.75, 3.05) is 92.5 Å². The number of rotatable bonds is 12. The average molecular weight is 922 g/mol. The maximum absolute atomic E-state index is 15.7. The number of nitrogens with zero attached hydrogens (tertiary/aromatic N) is 8. The van der Waals surface area contributed by atoms with Gasteiger partial charge in [0.15, 0.2) is 0 Å². The van der Waals surface area contributed by atoms with E-state index in [2.05, 4.69) is 72.5 Å². The van der Waals surface area contributed by atoms with Crippen LogP contribution in [-0.2, 0) is 27.5 Å². The number of likely N-dealkylation sites (tertiary alicyclic amines) is 1. The third kappa shape index (κ3) is 9.54. The fourth-order valence-electron chi connectivity index (χ4n) is 12.0. The molecule has 67 heavy (non-hydrogen) atoms. The number of anilines is 4. The van der Waals surface area contributed by atoms with Gasteiger partial charge >= 0.3 is 0 Å². The van der Waals surface area contributed by atoms with E-state index in [-0.39, 0.29) is 47.7 Å². The van der Waals surface area contributed by atoms with E-state index in [9.17, 15) is 19.2 Å². The Labute approximate surface area is 392 Å². The number of carbonyl (C=O) groups is 4. The minimum absolute atomic E-state index is 0.0143. The number of fused-ring (bicyclic) bond motifs is 2. The SMILES string of the molecule is CN(CCCNc1cc(N2CCC3(CC2)CN(c2cc(F)c(CN4CCC(C)(C)CC4)cc2F)CC(=O)N3)ncn1)[C@@H]1C[C@@H]2CN(c3ccc4c(c3)CN(C3CCC(=O)NC3=O)C4=O)C[C@@H]2C1. The number of benzene rings is 2. The van der Waals surface area contributed by atoms with E-state index in [1.54, 1.807) is 16.1 Å². The number of aromatic nitrogens is 2. The highest BCUT2D eigenvalue weighted by Gasteiger charge is 2.45. The molecule has 7 aliphatic rings. The number of hydrogen-bond donors (Lipinski definition) is 3. The van der Waals surface area contributed by atoms with E-state index in [1.165, 1.54) is 12.1 Å². The third-order valence-electron chi connectivity index (χ3n) is 16.2. The summed E-state index contributed by atoms with van der Waals surface area (Å²) >= 11 is 0. The molecule has 358 valence electrons. The smallest absolute Gasteiger partial charge is 0.255 e. The van der Waals surface area contributed by atoms with E-state index >= 15 is 8.78 Å². The summed E-state index contributed by atoms with van der Waals surface area (Å²) < 4.78 is 31.2. The molecule has 1 aliphatic carbocycles. The van der Waals surface area contributed by atoms with Gasteiger partial charge in [-0.05, 0) is 125 Å². The van der Waals surface area contributed by atoms with E-state index < -0.39 is 23.2 Å². The molecule has 5 saturated heterocycles. The van der Waals surface area contributed by atoms with Crippen LogP contribution in [0.3, 0.4) is 0 Å². The van der Waals surface area contributed by atoms with E-state index in [4.69, 9.17) is 0 Å². The number of nitrogens with one attached hydrogen (secondary N) is 3. The zero-order valence-corrected chi connectivity index (χ0v) is 39.2. The highest BCUT2D eigenvalue weighted by Crippen LogP contribution is 2.43. The third-order valence-corrected chi connectivity index (χ3v) is 16.2. The zero-order chi connectivity index (χ0) is 46.6. The van der Waals surface area contributed by atoms with Crippen LogP contribution in [0.1, 0.15) is 93.1 Å². The molecule has 4 atom stereocenters. The Morgan fingerprint density at radius 1 is 0.851 bits per heavy atom. The van der Waals surface area contributed by atoms with Crippen molar-refractivity contribution in [3.63, 3.8) is 0 Å². The number of piperazine rings is 1. The number of carbonyl (C=O) groups excluding carboxylic acids is 4. The van der Waals surface area contributed by atoms with Crippen LogP contribution < -0.4 is 30.7 Å². The fraction of sp³-hybridized carbons (Fsp3) is 0.600. The molecule has 2 aromatic carbocycles. The lowest BCUT2D eigenvalue weighted by atomic mass is 9.82. The first-order chi connectivity index (χ1) is 32.2. The molecular formula is C50H65F2N11O4. The molecule has 6 aliphatic heterocycles. The minimum Gasteiger partial charge on any atom is -0.371 e. The van der Waals surface area contributed by atoms with Crippen molar-refractivity contribution in [3.05, 3.63) is 71.1 Å². The van der Waals surface area contributed by atoms with Crippen molar-refractivity contribution >= 4 is 46.6 Å². The molecular weight excluding hydrogens is 857 g/mol. The number of hydrogen-bond acceptors (Lipinski definition) is 12. The van der Waals surface area contributed by atoms with Crippen molar-refractivity contribution in [1.82, 2.24) is 35.3 Å². The first-order valence-corrected chi connectivity index (χ1v) is 24.5. The van der Waals surface area contributed by atoms with Gasteiger partial charge in [0.1, 0.15) is 35.6 Å². The molecule has 0 radical (unpaired) electrons. The minimum atomic E-state index is -0.607. The Balaban J connectivity index is 0.662. The van der Waals surface area contributed by atoms with Crippen LogP contribution in [0.5, 0.6) is 0 Å². The monoisotopic (exact) mass is 922 g/mol. The Bertz CT molecular complexity index is 2390. The second kappa shape index (κ2) is 18.2. The molecule has 3 aromatic rings.